The molecule has 2 atom stereocenters. The number of hydrogen-bond donors (Lipinski definition) is 2. The molecule has 1 aliphatic rings. The third-order valence-corrected chi connectivity index (χ3v) is 4.97. The number of hydrogen-bond acceptors (Lipinski definition) is 3. The number of rotatable bonds is 2. The lowest BCUT2D eigenvalue weighted by Gasteiger charge is -2.31. The highest BCUT2D eigenvalue weighted by atomic mass is 79.9. The summed E-state index contributed by atoms with van der Waals surface area (Å²) in [7, 11) is 0. The summed E-state index contributed by atoms with van der Waals surface area (Å²) in [4.78, 5) is 29.1. The fraction of sp³-hybridized carbons (Fsp3) is 0.158. The Morgan fingerprint density at radius 3 is 2.36 bits per heavy atom. The SMILES string of the molecule is O=c1[nH]c2c(c(=O)[nH]1)[C@H](c1ccc(Br)cc1)C[C@H](c1ccccc1)O2. The summed E-state index contributed by atoms with van der Waals surface area (Å²) >= 11 is 3.43. The monoisotopic (exact) mass is 398 g/mol. The summed E-state index contributed by atoms with van der Waals surface area (Å²) in [5.74, 6) is 0.0874. The first-order valence-corrected chi connectivity index (χ1v) is 8.74. The Balaban J connectivity index is 1.86. The normalized spacial score (nSPS) is 19.1. The number of halogens is 1. The number of nitrogens with one attached hydrogen (secondary N) is 2. The van der Waals surface area contributed by atoms with Gasteiger partial charge in [0.15, 0.2) is 0 Å². The fourth-order valence-electron chi connectivity index (χ4n) is 3.28. The molecule has 0 amide bonds. The molecule has 0 spiro atoms. The van der Waals surface area contributed by atoms with E-state index in [-0.39, 0.29) is 17.9 Å². The van der Waals surface area contributed by atoms with E-state index >= 15 is 0 Å². The van der Waals surface area contributed by atoms with E-state index in [2.05, 4.69) is 25.9 Å². The summed E-state index contributed by atoms with van der Waals surface area (Å²) in [6, 6.07) is 17.7. The molecule has 2 N–H and O–H groups in total. The fourth-order valence-corrected chi connectivity index (χ4v) is 3.54. The van der Waals surface area contributed by atoms with Crippen LogP contribution in [0.25, 0.3) is 0 Å². The standard InChI is InChI=1S/C19H15BrN2O3/c20-13-8-6-11(7-9-13)14-10-15(12-4-2-1-3-5-12)25-18-16(14)17(23)21-19(24)22-18/h1-9,14-15H,10H2,(H2,21,22,23,24)/t14-,15+/m0/s1. The second kappa shape index (κ2) is 6.37. The van der Waals surface area contributed by atoms with Gasteiger partial charge in [-0.1, -0.05) is 58.4 Å². The maximum absolute atomic E-state index is 12.4. The van der Waals surface area contributed by atoms with E-state index in [1.165, 1.54) is 0 Å². The number of H-pyrrole nitrogens is 2. The van der Waals surface area contributed by atoms with Crippen molar-refractivity contribution >= 4 is 15.9 Å². The molecule has 0 saturated carbocycles. The van der Waals surface area contributed by atoms with Gasteiger partial charge in [-0.25, -0.2) is 4.79 Å². The summed E-state index contributed by atoms with van der Waals surface area (Å²) in [5, 5.41) is 0. The van der Waals surface area contributed by atoms with Gasteiger partial charge in [-0.15, -0.1) is 0 Å². The highest BCUT2D eigenvalue weighted by Gasteiger charge is 2.33. The topological polar surface area (TPSA) is 75.0 Å². The van der Waals surface area contributed by atoms with Crippen molar-refractivity contribution in [1.29, 1.82) is 0 Å². The van der Waals surface area contributed by atoms with Crippen molar-refractivity contribution in [3.8, 4) is 5.88 Å². The van der Waals surface area contributed by atoms with Crippen molar-refractivity contribution in [2.45, 2.75) is 18.4 Å². The van der Waals surface area contributed by atoms with Crippen molar-refractivity contribution in [2.75, 3.05) is 0 Å². The smallest absolute Gasteiger partial charge is 0.328 e. The van der Waals surface area contributed by atoms with Crippen LogP contribution in [-0.4, -0.2) is 9.97 Å². The molecule has 1 aromatic heterocycles. The molecule has 0 radical (unpaired) electrons. The minimum absolute atomic E-state index is 0.164. The predicted octanol–water partition coefficient (Wildman–Crippen LogP) is 3.48. The van der Waals surface area contributed by atoms with Crippen molar-refractivity contribution in [2.24, 2.45) is 0 Å². The molecule has 2 heterocycles. The molecule has 0 aliphatic carbocycles. The first kappa shape index (κ1) is 15.9. The Morgan fingerprint density at radius 2 is 1.64 bits per heavy atom. The number of aromatic amines is 2. The summed E-state index contributed by atoms with van der Waals surface area (Å²) in [6.07, 6.45) is 0.383. The first-order chi connectivity index (χ1) is 12.1. The second-order valence-electron chi connectivity index (χ2n) is 6.01. The Labute approximate surface area is 151 Å². The molecule has 0 unspecified atom stereocenters. The van der Waals surface area contributed by atoms with Gasteiger partial charge in [0.05, 0.1) is 5.56 Å². The average Bonchev–Trinajstić information content (AvgIpc) is 2.62. The van der Waals surface area contributed by atoms with Crippen LogP contribution in [0.2, 0.25) is 0 Å². The number of ether oxygens (including phenoxy) is 1. The van der Waals surface area contributed by atoms with E-state index in [0.717, 1.165) is 15.6 Å². The van der Waals surface area contributed by atoms with Crippen LogP contribution in [0.1, 0.15) is 35.1 Å². The highest BCUT2D eigenvalue weighted by molar-refractivity contribution is 9.10. The largest absolute Gasteiger partial charge is 0.470 e. The van der Waals surface area contributed by atoms with Gasteiger partial charge in [-0.3, -0.25) is 14.8 Å². The minimum atomic E-state index is -0.563. The number of aromatic nitrogens is 2. The molecule has 6 heteroatoms. The lowest BCUT2D eigenvalue weighted by Crippen LogP contribution is -2.33. The van der Waals surface area contributed by atoms with Gasteiger partial charge in [-0.2, -0.15) is 0 Å². The van der Waals surface area contributed by atoms with Crippen LogP contribution < -0.4 is 16.0 Å². The van der Waals surface area contributed by atoms with Gasteiger partial charge in [0, 0.05) is 10.4 Å². The molecule has 2 aromatic carbocycles. The van der Waals surface area contributed by atoms with Gasteiger partial charge in [0.1, 0.15) is 6.10 Å². The third kappa shape index (κ3) is 3.05. The Morgan fingerprint density at radius 1 is 0.920 bits per heavy atom. The van der Waals surface area contributed by atoms with E-state index in [9.17, 15) is 9.59 Å². The molecule has 5 nitrogen and oxygen atoms in total. The first-order valence-electron chi connectivity index (χ1n) is 7.95. The van der Waals surface area contributed by atoms with Crippen LogP contribution in [0.15, 0.2) is 68.7 Å². The van der Waals surface area contributed by atoms with E-state index in [1.807, 2.05) is 54.6 Å². The number of benzene rings is 2. The van der Waals surface area contributed by atoms with Crippen LogP contribution in [0.5, 0.6) is 5.88 Å². The molecule has 1 aliphatic heterocycles. The van der Waals surface area contributed by atoms with Crippen molar-refractivity contribution in [3.05, 3.63) is 96.6 Å². The van der Waals surface area contributed by atoms with Gasteiger partial charge in [0.25, 0.3) is 5.56 Å². The summed E-state index contributed by atoms with van der Waals surface area (Å²) < 4.78 is 6.94. The maximum Gasteiger partial charge on any atom is 0.328 e. The van der Waals surface area contributed by atoms with Gasteiger partial charge in [-0.05, 0) is 29.7 Å². The Hall–Kier alpha value is -2.60. The lowest BCUT2D eigenvalue weighted by atomic mass is 9.84. The Bertz CT molecular complexity index is 1010. The highest BCUT2D eigenvalue weighted by Crippen LogP contribution is 2.42. The maximum atomic E-state index is 12.4. The Kier molecular flexibility index (Phi) is 4.05. The molecule has 0 fully saturated rings. The van der Waals surface area contributed by atoms with Crippen LogP contribution in [0.3, 0.4) is 0 Å². The van der Waals surface area contributed by atoms with Crippen LogP contribution in [-0.2, 0) is 0 Å². The zero-order valence-corrected chi connectivity index (χ0v) is 14.7. The number of fused-ring (bicyclic) bond motifs is 1. The average molecular weight is 399 g/mol. The van der Waals surface area contributed by atoms with Crippen molar-refractivity contribution < 1.29 is 4.74 Å². The zero-order chi connectivity index (χ0) is 17.4. The van der Waals surface area contributed by atoms with Gasteiger partial charge < -0.3 is 4.74 Å². The molecular formula is C19H15BrN2O3. The summed E-state index contributed by atoms with van der Waals surface area (Å²) in [5.41, 5.74) is 1.52. The molecule has 25 heavy (non-hydrogen) atoms. The van der Waals surface area contributed by atoms with Crippen molar-refractivity contribution in [1.82, 2.24) is 9.97 Å². The quantitative estimate of drug-likeness (QED) is 0.693. The van der Waals surface area contributed by atoms with Crippen LogP contribution in [0.4, 0.5) is 0 Å². The van der Waals surface area contributed by atoms with E-state index in [0.29, 0.717) is 12.0 Å². The van der Waals surface area contributed by atoms with Crippen LogP contribution in [0, 0.1) is 0 Å². The molecular weight excluding hydrogens is 384 g/mol. The van der Waals surface area contributed by atoms with Crippen molar-refractivity contribution in [3.63, 3.8) is 0 Å². The van der Waals surface area contributed by atoms with Crippen LogP contribution >= 0.6 is 15.9 Å². The molecule has 0 bridgehead atoms. The summed E-state index contributed by atoms with van der Waals surface area (Å²) in [6.45, 7) is 0. The van der Waals surface area contributed by atoms with Gasteiger partial charge >= 0.3 is 5.69 Å². The predicted molar refractivity (Wildman–Crippen MR) is 98.1 cm³/mol. The molecule has 0 saturated heterocycles. The van der Waals surface area contributed by atoms with E-state index in [4.69, 9.17) is 4.74 Å². The molecule has 4 rings (SSSR count). The lowest BCUT2D eigenvalue weighted by molar-refractivity contribution is 0.157. The minimum Gasteiger partial charge on any atom is -0.470 e. The van der Waals surface area contributed by atoms with Gasteiger partial charge in [0.2, 0.25) is 5.88 Å². The molecule has 126 valence electrons. The second-order valence-corrected chi connectivity index (χ2v) is 6.92. The van der Waals surface area contributed by atoms with E-state index in [1.54, 1.807) is 0 Å². The zero-order valence-electron chi connectivity index (χ0n) is 13.2. The third-order valence-electron chi connectivity index (χ3n) is 4.45. The molecule has 3 aromatic rings. The van der Waals surface area contributed by atoms with E-state index < -0.39 is 11.2 Å².